The molecule has 244 valence electrons. The standard InChI is InChI=1S/C50H33NO/c1-2-9-34(10-3-1)36-19-25-42(26-20-36)51(43-27-21-37(22-28-43)40-18-17-35-11-4-5-12-39(35)31-40)44-29-23-38(24-30-44)45-15-8-13-41-32-50-48(33-47(41)45)46-14-6-7-16-49(46)52-50/h1-33H. The molecule has 2 heteroatoms. The van der Waals surface area contributed by atoms with E-state index in [0.717, 1.165) is 39.0 Å². The van der Waals surface area contributed by atoms with Gasteiger partial charge < -0.3 is 9.32 Å². The molecule has 0 aliphatic rings. The molecule has 0 spiro atoms. The van der Waals surface area contributed by atoms with Crippen LogP contribution in [0.3, 0.4) is 0 Å². The highest BCUT2D eigenvalue weighted by Crippen LogP contribution is 2.40. The first-order valence-electron chi connectivity index (χ1n) is 17.7. The zero-order chi connectivity index (χ0) is 34.4. The van der Waals surface area contributed by atoms with Crippen LogP contribution in [0, 0.1) is 0 Å². The van der Waals surface area contributed by atoms with E-state index in [4.69, 9.17) is 4.42 Å². The Morgan fingerprint density at radius 2 is 0.846 bits per heavy atom. The predicted molar refractivity (Wildman–Crippen MR) is 220 cm³/mol. The molecule has 9 aromatic carbocycles. The Kier molecular flexibility index (Phi) is 7.18. The molecule has 52 heavy (non-hydrogen) atoms. The van der Waals surface area contributed by atoms with Crippen LogP contribution in [0.5, 0.6) is 0 Å². The third kappa shape index (κ3) is 5.30. The van der Waals surface area contributed by atoms with Gasteiger partial charge in [-0.2, -0.15) is 0 Å². The number of hydrogen-bond donors (Lipinski definition) is 0. The lowest BCUT2D eigenvalue weighted by Crippen LogP contribution is -2.09. The summed E-state index contributed by atoms with van der Waals surface area (Å²) in [4.78, 5) is 2.34. The number of fused-ring (bicyclic) bond motifs is 5. The van der Waals surface area contributed by atoms with Crippen molar-refractivity contribution in [3.8, 4) is 33.4 Å². The molecule has 0 fully saturated rings. The van der Waals surface area contributed by atoms with Gasteiger partial charge in [0.05, 0.1) is 0 Å². The van der Waals surface area contributed by atoms with Crippen LogP contribution in [-0.4, -0.2) is 0 Å². The summed E-state index contributed by atoms with van der Waals surface area (Å²) in [6.07, 6.45) is 0. The Hall–Kier alpha value is -6.90. The second-order valence-electron chi connectivity index (χ2n) is 13.4. The maximum atomic E-state index is 6.21. The quantitative estimate of drug-likeness (QED) is 0.176. The van der Waals surface area contributed by atoms with Crippen molar-refractivity contribution in [2.24, 2.45) is 0 Å². The van der Waals surface area contributed by atoms with Crippen molar-refractivity contribution in [1.29, 1.82) is 0 Å². The fourth-order valence-electron chi connectivity index (χ4n) is 7.59. The largest absolute Gasteiger partial charge is 0.456 e. The lowest BCUT2D eigenvalue weighted by Gasteiger charge is -2.26. The van der Waals surface area contributed by atoms with Crippen LogP contribution in [-0.2, 0) is 0 Å². The van der Waals surface area contributed by atoms with E-state index in [1.54, 1.807) is 0 Å². The summed E-state index contributed by atoms with van der Waals surface area (Å²) in [6, 6.07) is 71.8. The second-order valence-corrected chi connectivity index (χ2v) is 13.4. The molecule has 1 aromatic heterocycles. The number of benzene rings is 9. The molecule has 0 bridgehead atoms. The van der Waals surface area contributed by atoms with E-state index in [1.165, 1.54) is 54.9 Å². The van der Waals surface area contributed by atoms with Gasteiger partial charge in [0.15, 0.2) is 0 Å². The third-order valence-electron chi connectivity index (χ3n) is 10.3. The highest BCUT2D eigenvalue weighted by molar-refractivity contribution is 6.12. The van der Waals surface area contributed by atoms with Gasteiger partial charge in [-0.3, -0.25) is 0 Å². The Labute approximate surface area is 302 Å². The highest BCUT2D eigenvalue weighted by atomic mass is 16.3. The average Bonchev–Trinajstić information content (AvgIpc) is 3.58. The van der Waals surface area contributed by atoms with E-state index in [-0.39, 0.29) is 0 Å². The van der Waals surface area contributed by atoms with E-state index in [1.807, 2.05) is 12.1 Å². The molecular weight excluding hydrogens is 631 g/mol. The summed E-state index contributed by atoms with van der Waals surface area (Å²) in [5, 5.41) is 7.17. The molecule has 0 saturated carbocycles. The van der Waals surface area contributed by atoms with Gasteiger partial charge in [-0.05, 0) is 116 Å². The van der Waals surface area contributed by atoms with Crippen molar-refractivity contribution in [2.45, 2.75) is 0 Å². The number of para-hydroxylation sites is 1. The summed E-state index contributed by atoms with van der Waals surface area (Å²) in [6.45, 7) is 0. The normalized spacial score (nSPS) is 11.5. The lowest BCUT2D eigenvalue weighted by atomic mass is 9.96. The van der Waals surface area contributed by atoms with Gasteiger partial charge in [0.2, 0.25) is 0 Å². The lowest BCUT2D eigenvalue weighted by molar-refractivity contribution is 0.669. The van der Waals surface area contributed by atoms with Crippen LogP contribution in [0.1, 0.15) is 0 Å². The van der Waals surface area contributed by atoms with Crippen molar-refractivity contribution >= 4 is 60.5 Å². The van der Waals surface area contributed by atoms with E-state index in [2.05, 4.69) is 193 Å². The Bertz CT molecular complexity index is 2870. The first-order chi connectivity index (χ1) is 25.7. The van der Waals surface area contributed by atoms with Crippen molar-refractivity contribution in [3.05, 3.63) is 200 Å². The van der Waals surface area contributed by atoms with Crippen molar-refractivity contribution in [1.82, 2.24) is 0 Å². The monoisotopic (exact) mass is 663 g/mol. The Balaban J connectivity index is 1.05. The van der Waals surface area contributed by atoms with Gasteiger partial charge in [0, 0.05) is 27.8 Å². The number of rotatable bonds is 6. The fraction of sp³-hybridized carbons (Fsp3) is 0. The van der Waals surface area contributed by atoms with Crippen molar-refractivity contribution < 1.29 is 4.42 Å². The van der Waals surface area contributed by atoms with E-state index >= 15 is 0 Å². The molecule has 0 N–H and O–H groups in total. The number of furan rings is 1. The SMILES string of the molecule is c1ccc(-c2ccc(N(c3ccc(-c4ccc5ccccc5c4)cc3)c3ccc(-c4cccc5cc6oc7ccccc7c6cc45)cc3)cc2)cc1. The average molecular weight is 664 g/mol. The molecule has 0 saturated heterocycles. The minimum absolute atomic E-state index is 0.917. The summed E-state index contributed by atoms with van der Waals surface area (Å²) in [7, 11) is 0. The van der Waals surface area contributed by atoms with E-state index < -0.39 is 0 Å². The molecule has 0 radical (unpaired) electrons. The zero-order valence-electron chi connectivity index (χ0n) is 28.4. The molecule has 0 amide bonds. The molecule has 0 aliphatic carbocycles. The summed E-state index contributed by atoms with van der Waals surface area (Å²) < 4.78 is 6.21. The fourth-order valence-corrected chi connectivity index (χ4v) is 7.59. The van der Waals surface area contributed by atoms with Gasteiger partial charge in [0.25, 0.3) is 0 Å². The molecule has 1 heterocycles. The van der Waals surface area contributed by atoms with Crippen molar-refractivity contribution in [2.75, 3.05) is 4.90 Å². The molecule has 10 rings (SSSR count). The number of anilines is 3. The van der Waals surface area contributed by atoms with Gasteiger partial charge in [0.1, 0.15) is 11.2 Å². The molecule has 0 atom stereocenters. The maximum Gasteiger partial charge on any atom is 0.136 e. The van der Waals surface area contributed by atoms with Crippen LogP contribution in [0.25, 0.3) is 76.9 Å². The topological polar surface area (TPSA) is 16.4 Å². The minimum Gasteiger partial charge on any atom is -0.456 e. The number of nitrogens with zero attached hydrogens (tertiary/aromatic N) is 1. The van der Waals surface area contributed by atoms with Gasteiger partial charge in [-0.15, -0.1) is 0 Å². The van der Waals surface area contributed by atoms with Crippen LogP contribution in [0.4, 0.5) is 17.1 Å². The first kappa shape index (κ1) is 30.0. The smallest absolute Gasteiger partial charge is 0.136 e. The predicted octanol–water partition coefficient (Wildman–Crippen LogP) is 14.4. The first-order valence-corrected chi connectivity index (χ1v) is 17.7. The van der Waals surface area contributed by atoms with E-state index in [0.29, 0.717) is 0 Å². The summed E-state index contributed by atoms with van der Waals surface area (Å²) >= 11 is 0. The number of hydrogen-bond acceptors (Lipinski definition) is 2. The molecule has 2 nitrogen and oxygen atoms in total. The van der Waals surface area contributed by atoms with Gasteiger partial charge in [-0.1, -0.05) is 140 Å². The maximum absolute atomic E-state index is 6.21. The summed E-state index contributed by atoms with van der Waals surface area (Å²) in [5.41, 5.74) is 12.3. The van der Waals surface area contributed by atoms with E-state index in [9.17, 15) is 0 Å². The van der Waals surface area contributed by atoms with Crippen LogP contribution in [0.2, 0.25) is 0 Å². The Morgan fingerprint density at radius 1 is 0.288 bits per heavy atom. The molecule has 10 aromatic rings. The summed E-state index contributed by atoms with van der Waals surface area (Å²) in [5.74, 6) is 0. The van der Waals surface area contributed by atoms with Gasteiger partial charge >= 0.3 is 0 Å². The second kappa shape index (κ2) is 12.5. The van der Waals surface area contributed by atoms with Crippen LogP contribution < -0.4 is 4.90 Å². The highest BCUT2D eigenvalue weighted by Gasteiger charge is 2.15. The van der Waals surface area contributed by atoms with Gasteiger partial charge in [-0.25, -0.2) is 0 Å². The molecule has 0 aliphatic heterocycles. The zero-order valence-corrected chi connectivity index (χ0v) is 28.4. The van der Waals surface area contributed by atoms with Crippen molar-refractivity contribution in [3.63, 3.8) is 0 Å². The minimum atomic E-state index is 0.917. The Morgan fingerprint density at radius 3 is 1.58 bits per heavy atom. The third-order valence-corrected chi connectivity index (χ3v) is 10.3. The van der Waals surface area contributed by atoms with Crippen LogP contribution >= 0.6 is 0 Å². The molecule has 0 unspecified atom stereocenters. The molecular formula is C50H33NO. The van der Waals surface area contributed by atoms with Crippen LogP contribution in [0.15, 0.2) is 205 Å².